The Kier molecular flexibility index (Phi) is 4.66. The van der Waals surface area contributed by atoms with Crippen molar-refractivity contribution in [3.05, 3.63) is 53.0 Å². The highest BCUT2D eigenvalue weighted by molar-refractivity contribution is 7.99. The molecule has 1 aliphatic heterocycles. The molecule has 1 fully saturated rings. The van der Waals surface area contributed by atoms with Crippen molar-refractivity contribution in [2.45, 2.75) is 26.8 Å². The van der Waals surface area contributed by atoms with Gasteiger partial charge in [-0.1, -0.05) is 17.7 Å². The number of anilines is 1. The molecule has 5 nitrogen and oxygen atoms in total. The van der Waals surface area contributed by atoms with Crippen LogP contribution in [0, 0.1) is 20.8 Å². The summed E-state index contributed by atoms with van der Waals surface area (Å²) < 4.78 is 5.40. The monoisotopic (exact) mass is 344 g/mol. The summed E-state index contributed by atoms with van der Waals surface area (Å²) in [5, 5.41) is 2.94. The van der Waals surface area contributed by atoms with Crippen molar-refractivity contribution in [3.63, 3.8) is 0 Å². The van der Waals surface area contributed by atoms with E-state index in [4.69, 9.17) is 4.42 Å². The van der Waals surface area contributed by atoms with E-state index in [0.717, 1.165) is 16.8 Å². The number of hydrogen-bond acceptors (Lipinski definition) is 4. The second-order valence-electron chi connectivity index (χ2n) is 6.01. The topological polar surface area (TPSA) is 62.6 Å². The zero-order valence-electron chi connectivity index (χ0n) is 14.0. The van der Waals surface area contributed by atoms with Gasteiger partial charge in [-0.05, 0) is 44.5 Å². The van der Waals surface area contributed by atoms with Gasteiger partial charge >= 0.3 is 0 Å². The molecule has 2 amide bonds. The number of furan rings is 1. The largest absolute Gasteiger partial charge is 0.456 e. The Morgan fingerprint density at radius 1 is 1.21 bits per heavy atom. The van der Waals surface area contributed by atoms with Crippen LogP contribution < -0.4 is 5.32 Å². The van der Waals surface area contributed by atoms with E-state index in [1.165, 1.54) is 0 Å². The lowest BCUT2D eigenvalue weighted by Crippen LogP contribution is -2.44. The maximum absolute atomic E-state index is 12.7. The van der Waals surface area contributed by atoms with E-state index in [9.17, 15) is 9.59 Å². The van der Waals surface area contributed by atoms with Gasteiger partial charge in [0.25, 0.3) is 5.91 Å². The van der Waals surface area contributed by atoms with Crippen LogP contribution in [0.2, 0.25) is 0 Å². The quantitative estimate of drug-likeness (QED) is 0.927. The Labute approximate surface area is 145 Å². The molecule has 0 aliphatic carbocycles. The predicted octanol–water partition coefficient (Wildman–Crippen LogP) is 3.36. The standard InChI is InChI=1S/C18H20N2O3S/c1-11-4-6-14(12(2)8-11)19-17(21)15-9-24-10-20(15)18(22)16-7-5-13(3)23-16/h4-8,15H,9-10H2,1-3H3,(H,19,21)/t15-/m1/s1. The number of benzene rings is 1. The third-order valence-corrected chi connectivity index (χ3v) is 5.05. The van der Waals surface area contributed by atoms with Gasteiger partial charge in [0.05, 0.1) is 5.88 Å². The van der Waals surface area contributed by atoms with Crippen LogP contribution in [0.15, 0.2) is 34.7 Å². The number of carbonyl (C=O) groups is 2. The van der Waals surface area contributed by atoms with Crippen molar-refractivity contribution in [3.8, 4) is 0 Å². The van der Waals surface area contributed by atoms with Gasteiger partial charge in [-0.15, -0.1) is 11.8 Å². The Morgan fingerprint density at radius 2 is 2.00 bits per heavy atom. The highest BCUT2D eigenvalue weighted by Crippen LogP contribution is 2.25. The molecule has 2 aromatic rings. The third kappa shape index (κ3) is 3.33. The van der Waals surface area contributed by atoms with E-state index in [1.807, 2.05) is 32.0 Å². The average Bonchev–Trinajstić information content (AvgIpc) is 3.18. The van der Waals surface area contributed by atoms with Crippen LogP contribution >= 0.6 is 11.8 Å². The summed E-state index contributed by atoms with van der Waals surface area (Å²) >= 11 is 1.57. The lowest BCUT2D eigenvalue weighted by atomic mass is 10.1. The van der Waals surface area contributed by atoms with E-state index in [0.29, 0.717) is 17.4 Å². The van der Waals surface area contributed by atoms with Crippen molar-refractivity contribution in [2.24, 2.45) is 0 Å². The molecule has 0 spiro atoms. The summed E-state index contributed by atoms with van der Waals surface area (Å²) in [5.41, 5.74) is 2.93. The maximum atomic E-state index is 12.7. The Bertz CT molecular complexity index is 784. The zero-order valence-corrected chi connectivity index (χ0v) is 14.8. The molecule has 1 aromatic heterocycles. The first kappa shape index (κ1) is 16.6. The predicted molar refractivity (Wildman–Crippen MR) is 95.3 cm³/mol. The fourth-order valence-electron chi connectivity index (χ4n) is 2.72. The molecule has 1 N–H and O–H groups in total. The number of aryl methyl sites for hydroxylation is 3. The minimum Gasteiger partial charge on any atom is -0.456 e. The molecule has 1 saturated heterocycles. The number of hydrogen-bond donors (Lipinski definition) is 1. The Balaban J connectivity index is 1.75. The van der Waals surface area contributed by atoms with Gasteiger partial charge in [0.15, 0.2) is 5.76 Å². The lowest BCUT2D eigenvalue weighted by molar-refractivity contribution is -0.119. The van der Waals surface area contributed by atoms with Gasteiger partial charge in [-0.25, -0.2) is 0 Å². The molecule has 1 aromatic carbocycles. The lowest BCUT2D eigenvalue weighted by Gasteiger charge is -2.22. The first-order valence-corrected chi connectivity index (χ1v) is 8.94. The number of nitrogens with one attached hydrogen (secondary N) is 1. The van der Waals surface area contributed by atoms with Gasteiger partial charge < -0.3 is 14.6 Å². The molecule has 0 radical (unpaired) electrons. The van der Waals surface area contributed by atoms with E-state index in [-0.39, 0.29) is 17.6 Å². The van der Waals surface area contributed by atoms with Crippen LogP contribution in [0.3, 0.4) is 0 Å². The molecule has 0 saturated carbocycles. The van der Waals surface area contributed by atoms with Gasteiger partial charge in [0.1, 0.15) is 11.8 Å². The molecule has 126 valence electrons. The molecule has 24 heavy (non-hydrogen) atoms. The van der Waals surface area contributed by atoms with Crippen LogP contribution in [-0.4, -0.2) is 34.4 Å². The molecule has 2 heterocycles. The van der Waals surface area contributed by atoms with Crippen molar-refractivity contribution in [2.75, 3.05) is 16.9 Å². The van der Waals surface area contributed by atoms with Gasteiger partial charge in [-0.2, -0.15) is 0 Å². The molecule has 3 rings (SSSR count). The second-order valence-corrected chi connectivity index (χ2v) is 7.01. The van der Waals surface area contributed by atoms with Crippen LogP contribution in [0.1, 0.15) is 27.4 Å². The average molecular weight is 344 g/mol. The number of amides is 2. The van der Waals surface area contributed by atoms with Crippen LogP contribution in [-0.2, 0) is 4.79 Å². The molecule has 6 heteroatoms. The van der Waals surface area contributed by atoms with Crippen molar-refractivity contribution in [1.82, 2.24) is 4.90 Å². The van der Waals surface area contributed by atoms with Crippen LogP contribution in [0.5, 0.6) is 0 Å². The fourth-order valence-corrected chi connectivity index (χ4v) is 3.87. The molecular formula is C18H20N2O3S. The first-order valence-electron chi connectivity index (χ1n) is 7.79. The van der Waals surface area contributed by atoms with Gasteiger partial charge in [0, 0.05) is 11.4 Å². The Morgan fingerprint density at radius 3 is 2.67 bits per heavy atom. The molecular weight excluding hydrogens is 324 g/mol. The molecule has 1 atom stereocenters. The summed E-state index contributed by atoms with van der Waals surface area (Å²) in [4.78, 5) is 26.8. The molecule has 0 unspecified atom stereocenters. The second kappa shape index (κ2) is 6.73. The van der Waals surface area contributed by atoms with Gasteiger partial charge in [0.2, 0.25) is 5.91 Å². The Hall–Kier alpha value is -2.21. The fraction of sp³-hybridized carbons (Fsp3) is 0.333. The maximum Gasteiger partial charge on any atom is 0.290 e. The number of thioether (sulfide) groups is 1. The minimum atomic E-state index is -0.492. The van der Waals surface area contributed by atoms with E-state index < -0.39 is 6.04 Å². The van der Waals surface area contributed by atoms with Crippen LogP contribution in [0.25, 0.3) is 0 Å². The van der Waals surface area contributed by atoms with Crippen LogP contribution in [0.4, 0.5) is 5.69 Å². The summed E-state index contributed by atoms with van der Waals surface area (Å²) in [7, 11) is 0. The molecule has 0 bridgehead atoms. The van der Waals surface area contributed by atoms with Crippen molar-refractivity contribution >= 4 is 29.3 Å². The number of nitrogens with zero attached hydrogens (tertiary/aromatic N) is 1. The summed E-state index contributed by atoms with van der Waals surface area (Å²) in [6.45, 7) is 5.76. The summed E-state index contributed by atoms with van der Waals surface area (Å²) in [6, 6.07) is 8.79. The zero-order chi connectivity index (χ0) is 17.3. The smallest absolute Gasteiger partial charge is 0.290 e. The van der Waals surface area contributed by atoms with Crippen molar-refractivity contribution in [1.29, 1.82) is 0 Å². The molecule has 1 aliphatic rings. The van der Waals surface area contributed by atoms with E-state index in [1.54, 1.807) is 35.7 Å². The third-order valence-electron chi connectivity index (χ3n) is 4.04. The van der Waals surface area contributed by atoms with Crippen molar-refractivity contribution < 1.29 is 14.0 Å². The minimum absolute atomic E-state index is 0.163. The number of carbonyl (C=O) groups excluding carboxylic acids is 2. The highest BCUT2D eigenvalue weighted by Gasteiger charge is 2.36. The van der Waals surface area contributed by atoms with Gasteiger partial charge in [-0.3, -0.25) is 9.59 Å². The normalized spacial score (nSPS) is 17.1. The number of rotatable bonds is 3. The van der Waals surface area contributed by atoms with E-state index in [2.05, 4.69) is 5.32 Å². The summed E-state index contributed by atoms with van der Waals surface area (Å²) in [5.74, 6) is 1.63. The summed E-state index contributed by atoms with van der Waals surface area (Å²) in [6.07, 6.45) is 0. The SMILES string of the molecule is Cc1ccc(NC(=O)[C@H]2CSCN2C(=O)c2ccc(C)o2)c(C)c1. The first-order chi connectivity index (χ1) is 11.5. The highest BCUT2D eigenvalue weighted by atomic mass is 32.2. The van der Waals surface area contributed by atoms with E-state index >= 15 is 0 Å².